The molecular weight excluding hydrogens is 757 g/mol. The van der Waals surface area contributed by atoms with Crippen molar-refractivity contribution in [3.63, 3.8) is 0 Å². The number of para-hydroxylation sites is 2. The molecule has 1 aliphatic carbocycles. The summed E-state index contributed by atoms with van der Waals surface area (Å²) < 4.78 is 3.80. The van der Waals surface area contributed by atoms with Crippen molar-refractivity contribution in [1.29, 1.82) is 0 Å². The summed E-state index contributed by atoms with van der Waals surface area (Å²) in [4.78, 5) is 3.88. The normalized spacial score (nSPS) is 12.4. The highest BCUT2D eigenvalue weighted by Crippen LogP contribution is 2.44. The lowest BCUT2D eigenvalue weighted by Crippen LogP contribution is -2.09. The zero-order chi connectivity index (χ0) is 40.3. The van der Waals surface area contributed by atoms with Crippen LogP contribution < -0.4 is 4.90 Å². The van der Waals surface area contributed by atoms with Crippen LogP contribution in [0.1, 0.15) is 16.9 Å². The fourth-order valence-corrected chi connectivity index (χ4v) is 10.7. The molecule has 0 saturated heterocycles. The van der Waals surface area contributed by atoms with E-state index in [0.717, 1.165) is 29.9 Å². The van der Waals surface area contributed by atoms with Crippen LogP contribution in [0.3, 0.4) is 0 Å². The lowest BCUT2D eigenvalue weighted by atomic mass is 9.95. The van der Waals surface area contributed by atoms with Gasteiger partial charge in [0.05, 0.1) is 11.0 Å². The molecular formula is C58H40N2S. The van der Waals surface area contributed by atoms with Gasteiger partial charge in [-0.25, -0.2) is 0 Å². The molecule has 288 valence electrons. The summed E-state index contributed by atoms with van der Waals surface area (Å²) in [5, 5.41) is 6.36. The van der Waals surface area contributed by atoms with Crippen LogP contribution in [0.25, 0.3) is 87.8 Å². The van der Waals surface area contributed by atoms with Gasteiger partial charge in [-0.05, 0) is 130 Å². The highest BCUT2D eigenvalue weighted by Gasteiger charge is 2.20. The lowest BCUT2D eigenvalue weighted by molar-refractivity contribution is 1.02. The third-order valence-corrected chi connectivity index (χ3v) is 13.7. The van der Waals surface area contributed by atoms with Crippen molar-refractivity contribution in [2.45, 2.75) is 12.8 Å². The number of fused-ring (bicyclic) bond motifs is 8. The maximum absolute atomic E-state index is 2.43. The van der Waals surface area contributed by atoms with E-state index in [1.54, 1.807) is 0 Å². The van der Waals surface area contributed by atoms with Gasteiger partial charge in [0.15, 0.2) is 0 Å². The molecule has 0 radical (unpaired) electrons. The largest absolute Gasteiger partial charge is 0.311 e. The monoisotopic (exact) mass is 796 g/mol. The van der Waals surface area contributed by atoms with E-state index in [4.69, 9.17) is 0 Å². The summed E-state index contributed by atoms with van der Waals surface area (Å²) in [5.74, 6) is 0. The Labute approximate surface area is 359 Å². The zero-order valence-electron chi connectivity index (χ0n) is 33.5. The van der Waals surface area contributed by atoms with Gasteiger partial charge in [0.25, 0.3) is 0 Å². The van der Waals surface area contributed by atoms with Gasteiger partial charge >= 0.3 is 0 Å². The standard InChI is InChI=1S/C58H40N2S/c1-3-13-39(14-4-1)40-23-30-45(31-24-40)59(46-32-25-41(26-33-46)43-29-36-57-53(37-43)50-19-10-12-22-56(50)61-57)47-34-27-42(28-35-47)52-38-54-49-18-9-11-21-55(49)60(44-15-5-2-6-16-44)58(54)51-20-8-7-17-48(51)52/h1-11,13-21,23-38H,12,22H2. The maximum atomic E-state index is 2.43. The first-order chi connectivity index (χ1) is 30.2. The van der Waals surface area contributed by atoms with Crippen LogP contribution >= 0.6 is 11.3 Å². The van der Waals surface area contributed by atoms with Crippen LogP contribution in [0.15, 0.2) is 212 Å². The van der Waals surface area contributed by atoms with Crippen molar-refractivity contribution in [3.8, 4) is 39.1 Å². The molecule has 9 aromatic carbocycles. The average Bonchev–Trinajstić information content (AvgIpc) is 3.88. The Hall–Kier alpha value is -7.46. The molecule has 0 atom stereocenters. The number of anilines is 3. The van der Waals surface area contributed by atoms with Crippen LogP contribution in [-0.2, 0) is 6.42 Å². The number of benzene rings is 9. The third-order valence-electron chi connectivity index (χ3n) is 12.4. The summed E-state index contributed by atoms with van der Waals surface area (Å²) in [7, 11) is 0. The van der Waals surface area contributed by atoms with E-state index < -0.39 is 0 Å². The molecule has 0 aliphatic heterocycles. The van der Waals surface area contributed by atoms with E-state index in [9.17, 15) is 0 Å². The molecule has 0 amide bonds. The molecule has 0 unspecified atom stereocenters. The number of aromatic nitrogens is 1. The first-order valence-electron chi connectivity index (χ1n) is 21.1. The highest BCUT2D eigenvalue weighted by atomic mass is 32.1. The van der Waals surface area contributed by atoms with Gasteiger partial charge < -0.3 is 9.47 Å². The topological polar surface area (TPSA) is 8.17 Å². The molecule has 2 heterocycles. The second kappa shape index (κ2) is 14.7. The van der Waals surface area contributed by atoms with Crippen molar-refractivity contribution in [1.82, 2.24) is 4.57 Å². The van der Waals surface area contributed by atoms with Crippen molar-refractivity contribution < 1.29 is 0 Å². The molecule has 0 bridgehead atoms. The van der Waals surface area contributed by atoms with Gasteiger partial charge in [-0.15, -0.1) is 11.3 Å². The van der Waals surface area contributed by atoms with Gasteiger partial charge in [0.1, 0.15) is 0 Å². The number of thiophene rings is 1. The molecule has 0 saturated carbocycles. The Morgan fingerprint density at radius 1 is 0.426 bits per heavy atom. The van der Waals surface area contributed by atoms with E-state index in [1.807, 2.05) is 11.3 Å². The van der Waals surface area contributed by atoms with E-state index in [1.165, 1.54) is 92.2 Å². The second-order valence-electron chi connectivity index (χ2n) is 16.0. The predicted octanol–water partition coefficient (Wildman–Crippen LogP) is 16.6. The molecule has 3 heteroatoms. The highest BCUT2D eigenvalue weighted by molar-refractivity contribution is 7.19. The van der Waals surface area contributed by atoms with E-state index in [0.29, 0.717) is 0 Å². The maximum Gasteiger partial charge on any atom is 0.0619 e. The number of hydrogen-bond acceptors (Lipinski definition) is 2. The van der Waals surface area contributed by atoms with Gasteiger partial charge in [-0.1, -0.05) is 146 Å². The number of rotatable bonds is 7. The Morgan fingerprint density at radius 3 is 1.69 bits per heavy atom. The molecule has 12 rings (SSSR count). The molecule has 0 spiro atoms. The van der Waals surface area contributed by atoms with Gasteiger partial charge in [0.2, 0.25) is 0 Å². The Balaban J connectivity index is 0.963. The fraction of sp³-hybridized carbons (Fsp3) is 0.0345. The van der Waals surface area contributed by atoms with Crippen molar-refractivity contribution >= 4 is 77.1 Å². The van der Waals surface area contributed by atoms with Crippen LogP contribution in [0.4, 0.5) is 17.1 Å². The minimum absolute atomic E-state index is 1.10. The predicted molar refractivity (Wildman–Crippen MR) is 262 cm³/mol. The quantitative estimate of drug-likeness (QED) is 0.156. The molecule has 0 N–H and O–H groups in total. The smallest absolute Gasteiger partial charge is 0.0619 e. The van der Waals surface area contributed by atoms with Crippen molar-refractivity contribution in [2.75, 3.05) is 4.90 Å². The van der Waals surface area contributed by atoms with Crippen molar-refractivity contribution in [2.24, 2.45) is 0 Å². The summed E-state index contributed by atoms with van der Waals surface area (Å²) in [6.45, 7) is 0. The van der Waals surface area contributed by atoms with E-state index >= 15 is 0 Å². The van der Waals surface area contributed by atoms with Gasteiger partial charge in [-0.3, -0.25) is 0 Å². The number of allylic oxidation sites excluding steroid dienone is 1. The van der Waals surface area contributed by atoms with Crippen molar-refractivity contribution in [3.05, 3.63) is 223 Å². The number of aryl methyl sites for hydroxylation is 1. The van der Waals surface area contributed by atoms with Crippen LogP contribution in [0.2, 0.25) is 0 Å². The Morgan fingerprint density at radius 2 is 0.984 bits per heavy atom. The summed E-state index contributed by atoms with van der Waals surface area (Å²) in [6.07, 6.45) is 6.92. The van der Waals surface area contributed by atoms with Gasteiger partial charge in [-0.2, -0.15) is 0 Å². The Bertz CT molecular complexity index is 3430. The summed E-state index contributed by atoms with van der Waals surface area (Å²) in [6, 6.07) is 75.6. The average molecular weight is 797 g/mol. The summed E-state index contributed by atoms with van der Waals surface area (Å²) in [5.41, 5.74) is 15.7. The SMILES string of the molecule is C1=Cc2c(sc3ccc(-c4ccc(N(c5ccc(-c6ccccc6)cc5)c5ccc(-c6cc7c8ccccc8n(-c8ccccc8)c7c7ccccc67)cc5)cc4)cc23)CC1. The van der Waals surface area contributed by atoms with E-state index in [-0.39, 0.29) is 0 Å². The number of hydrogen-bond donors (Lipinski definition) is 0. The van der Waals surface area contributed by atoms with Gasteiger partial charge in [0, 0.05) is 53.9 Å². The van der Waals surface area contributed by atoms with Crippen LogP contribution in [-0.4, -0.2) is 4.57 Å². The third kappa shape index (κ3) is 6.08. The molecule has 61 heavy (non-hydrogen) atoms. The fourth-order valence-electron chi connectivity index (χ4n) is 9.51. The molecule has 1 aliphatic rings. The van der Waals surface area contributed by atoms with E-state index in [2.05, 4.69) is 228 Å². The molecule has 2 nitrogen and oxygen atoms in total. The first-order valence-corrected chi connectivity index (χ1v) is 22.0. The lowest BCUT2D eigenvalue weighted by Gasteiger charge is -2.26. The Kier molecular flexibility index (Phi) is 8.53. The molecule has 0 fully saturated rings. The van der Waals surface area contributed by atoms with Crippen LogP contribution in [0, 0.1) is 0 Å². The van der Waals surface area contributed by atoms with Crippen LogP contribution in [0.5, 0.6) is 0 Å². The molecule has 2 aromatic heterocycles. The first kappa shape index (κ1) is 35.5. The minimum Gasteiger partial charge on any atom is -0.311 e. The summed E-state index contributed by atoms with van der Waals surface area (Å²) >= 11 is 1.95. The second-order valence-corrected chi connectivity index (χ2v) is 17.1. The zero-order valence-corrected chi connectivity index (χ0v) is 34.3. The number of nitrogens with zero attached hydrogens (tertiary/aromatic N) is 2. The minimum atomic E-state index is 1.10. The molecule has 11 aromatic rings.